The molecule has 0 saturated heterocycles. The van der Waals surface area contributed by atoms with E-state index in [-0.39, 0.29) is 0 Å². The van der Waals surface area contributed by atoms with Crippen LogP contribution in [0.4, 0.5) is 0 Å². The summed E-state index contributed by atoms with van der Waals surface area (Å²) in [5.74, 6) is 0.521. The molecule has 0 aliphatic heterocycles. The Morgan fingerprint density at radius 1 is 1.19 bits per heavy atom. The van der Waals surface area contributed by atoms with Crippen LogP contribution in [0.25, 0.3) is 0 Å². The molecule has 0 radical (unpaired) electrons. The Labute approximate surface area is 127 Å². The van der Waals surface area contributed by atoms with Crippen LogP contribution in [-0.2, 0) is 11.2 Å². The number of carboxylic acids is 1. The third kappa shape index (κ3) is 5.04. The Hall–Kier alpha value is -1.57. The molecule has 1 aromatic carbocycles. The minimum atomic E-state index is -0.837. The van der Waals surface area contributed by atoms with E-state index in [2.05, 4.69) is 31.2 Å². The molecule has 0 aromatic heterocycles. The predicted octanol–water partition coefficient (Wildman–Crippen LogP) is 4.94. The second kappa shape index (κ2) is 8.02. The highest BCUT2D eigenvalue weighted by Gasteiger charge is 2.21. The monoisotopic (exact) mass is 286 g/mol. The quantitative estimate of drug-likeness (QED) is 0.752. The van der Waals surface area contributed by atoms with Gasteiger partial charge < -0.3 is 5.11 Å². The van der Waals surface area contributed by atoms with Crippen LogP contribution in [0.3, 0.4) is 0 Å². The van der Waals surface area contributed by atoms with Gasteiger partial charge in [-0.3, -0.25) is 0 Å². The Bertz CT molecular complexity index is 465. The molecule has 114 valence electrons. The molecule has 2 nitrogen and oxygen atoms in total. The van der Waals surface area contributed by atoms with Crippen LogP contribution in [0.2, 0.25) is 0 Å². The summed E-state index contributed by atoms with van der Waals surface area (Å²) in [6, 6.07) is 9.17. The second-order valence-electron chi connectivity index (χ2n) is 6.19. The first-order valence-corrected chi connectivity index (χ1v) is 8.17. The van der Waals surface area contributed by atoms with Crippen molar-refractivity contribution >= 4 is 5.97 Å². The number of aryl methyl sites for hydroxylation is 1. The summed E-state index contributed by atoms with van der Waals surface area (Å²) >= 11 is 0. The number of allylic oxidation sites excluding steroid dienone is 1. The van der Waals surface area contributed by atoms with Gasteiger partial charge >= 0.3 is 5.97 Å². The van der Waals surface area contributed by atoms with Gasteiger partial charge in [0, 0.05) is 6.08 Å². The number of carbonyl (C=O) groups is 1. The van der Waals surface area contributed by atoms with Crippen molar-refractivity contribution in [2.45, 2.75) is 57.8 Å². The van der Waals surface area contributed by atoms with Gasteiger partial charge in [0.25, 0.3) is 0 Å². The Kier molecular flexibility index (Phi) is 6.04. The van der Waals surface area contributed by atoms with Crippen LogP contribution in [0.1, 0.15) is 62.5 Å². The van der Waals surface area contributed by atoms with Gasteiger partial charge in [0.05, 0.1) is 0 Å². The molecule has 21 heavy (non-hydrogen) atoms. The molecule has 1 N–H and O–H groups in total. The lowest BCUT2D eigenvalue weighted by atomic mass is 9.77. The fourth-order valence-electron chi connectivity index (χ4n) is 3.34. The molecule has 1 fully saturated rings. The topological polar surface area (TPSA) is 37.3 Å². The van der Waals surface area contributed by atoms with Crippen molar-refractivity contribution in [3.63, 3.8) is 0 Å². The molecule has 0 bridgehead atoms. The second-order valence-corrected chi connectivity index (χ2v) is 6.19. The lowest BCUT2D eigenvalue weighted by molar-refractivity contribution is -0.131. The molecule has 1 aromatic rings. The molecular weight excluding hydrogens is 260 g/mol. The van der Waals surface area contributed by atoms with E-state index < -0.39 is 5.97 Å². The maximum atomic E-state index is 10.5. The number of aliphatic carboxylic acids is 1. The van der Waals surface area contributed by atoms with E-state index in [1.165, 1.54) is 55.7 Å². The fraction of sp³-hybridized carbons (Fsp3) is 0.526. The van der Waals surface area contributed by atoms with Crippen molar-refractivity contribution in [1.29, 1.82) is 0 Å². The van der Waals surface area contributed by atoms with E-state index >= 15 is 0 Å². The summed E-state index contributed by atoms with van der Waals surface area (Å²) in [5, 5.41) is 8.61. The number of hydrogen-bond donors (Lipinski definition) is 1. The van der Waals surface area contributed by atoms with Crippen LogP contribution < -0.4 is 0 Å². The first-order chi connectivity index (χ1) is 10.2. The van der Waals surface area contributed by atoms with Gasteiger partial charge in [0.15, 0.2) is 0 Å². The molecule has 2 rings (SSSR count). The summed E-state index contributed by atoms with van der Waals surface area (Å²) < 4.78 is 0. The van der Waals surface area contributed by atoms with Crippen LogP contribution in [0, 0.1) is 5.92 Å². The largest absolute Gasteiger partial charge is 0.478 e. The van der Waals surface area contributed by atoms with Crippen LogP contribution >= 0.6 is 0 Å². The minimum Gasteiger partial charge on any atom is -0.478 e. The summed E-state index contributed by atoms with van der Waals surface area (Å²) in [6.45, 7) is 2.22. The van der Waals surface area contributed by atoms with Gasteiger partial charge in [-0.05, 0) is 61.5 Å². The van der Waals surface area contributed by atoms with Crippen molar-refractivity contribution in [2.75, 3.05) is 0 Å². The molecular formula is C19H26O2. The van der Waals surface area contributed by atoms with Crippen molar-refractivity contribution < 1.29 is 9.90 Å². The maximum Gasteiger partial charge on any atom is 0.327 e. The number of hydrogen-bond acceptors (Lipinski definition) is 1. The summed E-state index contributed by atoms with van der Waals surface area (Å²) in [4.78, 5) is 10.5. The predicted molar refractivity (Wildman–Crippen MR) is 86.5 cm³/mol. The van der Waals surface area contributed by atoms with Gasteiger partial charge in [0.1, 0.15) is 0 Å². The van der Waals surface area contributed by atoms with E-state index in [1.807, 2.05) is 6.08 Å². The third-order valence-electron chi connectivity index (χ3n) is 4.57. The molecule has 0 atom stereocenters. The highest BCUT2D eigenvalue weighted by atomic mass is 16.4. The third-order valence-corrected chi connectivity index (χ3v) is 4.57. The standard InChI is InChI=1S/C19H26O2/c1-2-4-15-7-11-17(12-8-15)18-13-9-16(10-14-18)5-3-6-19(20)21/h3,6-8,11-12,16,18H,2,4-5,9-10,13-14H2,1H3,(H,20,21)/b6-3+/t16-,18-. The Morgan fingerprint density at radius 3 is 2.43 bits per heavy atom. The maximum absolute atomic E-state index is 10.5. The highest BCUT2D eigenvalue weighted by molar-refractivity contribution is 5.79. The lowest BCUT2D eigenvalue weighted by Crippen LogP contribution is -2.13. The first kappa shape index (κ1) is 15.8. The normalized spacial score (nSPS) is 22.5. The van der Waals surface area contributed by atoms with Gasteiger partial charge in [-0.1, -0.05) is 43.7 Å². The molecule has 1 aliphatic rings. The van der Waals surface area contributed by atoms with E-state index in [1.54, 1.807) is 0 Å². The van der Waals surface area contributed by atoms with E-state index in [4.69, 9.17) is 5.11 Å². The molecule has 0 unspecified atom stereocenters. The Balaban J connectivity index is 1.81. The smallest absolute Gasteiger partial charge is 0.327 e. The molecule has 1 saturated carbocycles. The summed E-state index contributed by atoms with van der Waals surface area (Å²) in [7, 11) is 0. The van der Waals surface area contributed by atoms with E-state index in [0.717, 1.165) is 6.42 Å². The zero-order valence-corrected chi connectivity index (χ0v) is 12.9. The average Bonchev–Trinajstić information content (AvgIpc) is 2.49. The van der Waals surface area contributed by atoms with Crippen molar-refractivity contribution in [3.05, 3.63) is 47.5 Å². The minimum absolute atomic E-state index is 0.663. The number of rotatable bonds is 6. The Morgan fingerprint density at radius 2 is 1.86 bits per heavy atom. The number of carboxylic acid groups (broad SMARTS) is 1. The van der Waals surface area contributed by atoms with Crippen LogP contribution in [0.15, 0.2) is 36.4 Å². The SMILES string of the molecule is CCCc1ccc([C@H]2CC[C@H](C/C=C/C(=O)O)CC2)cc1. The average molecular weight is 286 g/mol. The lowest BCUT2D eigenvalue weighted by Gasteiger charge is -2.28. The summed E-state index contributed by atoms with van der Waals surface area (Å²) in [5.41, 5.74) is 2.92. The van der Waals surface area contributed by atoms with Crippen molar-refractivity contribution in [3.8, 4) is 0 Å². The molecule has 0 heterocycles. The molecule has 0 amide bonds. The first-order valence-electron chi connectivity index (χ1n) is 8.17. The zero-order chi connectivity index (χ0) is 15.1. The zero-order valence-electron chi connectivity index (χ0n) is 12.9. The highest BCUT2D eigenvalue weighted by Crippen LogP contribution is 2.37. The van der Waals surface area contributed by atoms with Crippen molar-refractivity contribution in [1.82, 2.24) is 0 Å². The van der Waals surface area contributed by atoms with Crippen LogP contribution in [-0.4, -0.2) is 11.1 Å². The summed E-state index contributed by atoms with van der Waals surface area (Å²) in [6.07, 6.45) is 11.3. The van der Waals surface area contributed by atoms with E-state index in [9.17, 15) is 4.79 Å². The van der Waals surface area contributed by atoms with Crippen LogP contribution in [0.5, 0.6) is 0 Å². The van der Waals surface area contributed by atoms with Gasteiger partial charge in [0.2, 0.25) is 0 Å². The van der Waals surface area contributed by atoms with Crippen molar-refractivity contribution in [2.24, 2.45) is 5.92 Å². The van der Waals surface area contributed by atoms with E-state index in [0.29, 0.717) is 11.8 Å². The van der Waals surface area contributed by atoms with Gasteiger partial charge in [-0.25, -0.2) is 4.79 Å². The molecule has 0 spiro atoms. The molecule has 2 heteroatoms. The fourth-order valence-corrected chi connectivity index (χ4v) is 3.34. The van der Waals surface area contributed by atoms with Gasteiger partial charge in [-0.15, -0.1) is 0 Å². The van der Waals surface area contributed by atoms with Gasteiger partial charge in [-0.2, -0.15) is 0 Å². The number of benzene rings is 1. The molecule has 1 aliphatic carbocycles.